The fourth-order valence-corrected chi connectivity index (χ4v) is 2.92. The second kappa shape index (κ2) is 5.98. The summed E-state index contributed by atoms with van der Waals surface area (Å²) in [4.78, 5) is 7.16. The van der Waals surface area contributed by atoms with Crippen molar-refractivity contribution in [2.45, 2.75) is 25.3 Å². The molecule has 0 saturated carbocycles. The Labute approximate surface area is 115 Å². The highest BCUT2D eigenvalue weighted by molar-refractivity contribution is 5.27. The van der Waals surface area contributed by atoms with Crippen LogP contribution in [0, 0.1) is 0 Å². The molecule has 1 aliphatic heterocycles. The van der Waals surface area contributed by atoms with E-state index in [1.165, 1.54) is 37.9 Å². The molecule has 2 nitrogen and oxygen atoms in total. The molecule has 2 aromatic rings. The van der Waals surface area contributed by atoms with E-state index in [0.717, 1.165) is 5.69 Å². The van der Waals surface area contributed by atoms with Gasteiger partial charge in [-0.05, 0) is 43.6 Å². The first-order valence-corrected chi connectivity index (χ1v) is 7.15. The van der Waals surface area contributed by atoms with Crippen molar-refractivity contribution in [2.24, 2.45) is 0 Å². The maximum absolute atomic E-state index is 4.59. The average molecular weight is 252 g/mol. The van der Waals surface area contributed by atoms with Crippen molar-refractivity contribution >= 4 is 0 Å². The van der Waals surface area contributed by atoms with Crippen LogP contribution in [-0.2, 0) is 0 Å². The van der Waals surface area contributed by atoms with E-state index in [2.05, 4.69) is 52.3 Å². The molecule has 19 heavy (non-hydrogen) atoms. The minimum atomic E-state index is 0.308. The summed E-state index contributed by atoms with van der Waals surface area (Å²) in [5, 5.41) is 0. The lowest BCUT2D eigenvalue weighted by Gasteiger charge is -2.34. The summed E-state index contributed by atoms with van der Waals surface area (Å²) in [6.45, 7) is 2.35. The predicted molar refractivity (Wildman–Crippen MR) is 77.9 cm³/mol. The maximum Gasteiger partial charge on any atom is 0.0776 e. The largest absolute Gasteiger partial charge is 0.291 e. The molecule has 1 aromatic heterocycles. The average Bonchev–Trinajstić information content (AvgIpc) is 2.51. The summed E-state index contributed by atoms with van der Waals surface area (Å²) >= 11 is 0. The third-order valence-electron chi connectivity index (χ3n) is 3.84. The Morgan fingerprint density at radius 1 is 0.842 bits per heavy atom. The van der Waals surface area contributed by atoms with Crippen LogP contribution in [0.1, 0.15) is 36.6 Å². The van der Waals surface area contributed by atoms with E-state index in [-0.39, 0.29) is 0 Å². The molecule has 0 aliphatic carbocycles. The van der Waals surface area contributed by atoms with Crippen molar-refractivity contribution in [3.8, 4) is 0 Å². The standard InChI is InChI=1S/C17H20N2/c1-3-9-15(10-4-1)17(16-11-5-6-12-18-16)19-13-7-2-8-14-19/h1,3-6,9-12,17H,2,7-8,13-14H2. The topological polar surface area (TPSA) is 16.1 Å². The lowest BCUT2D eigenvalue weighted by Crippen LogP contribution is -2.34. The van der Waals surface area contributed by atoms with Gasteiger partial charge in [0.05, 0.1) is 11.7 Å². The van der Waals surface area contributed by atoms with E-state index in [1.807, 2.05) is 12.3 Å². The molecule has 98 valence electrons. The number of hydrogen-bond acceptors (Lipinski definition) is 2. The maximum atomic E-state index is 4.59. The minimum absolute atomic E-state index is 0.308. The van der Waals surface area contributed by atoms with Gasteiger partial charge in [0.2, 0.25) is 0 Å². The molecule has 1 saturated heterocycles. The van der Waals surface area contributed by atoms with Crippen LogP contribution >= 0.6 is 0 Å². The quantitative estimate of drug-likeness (QED) is 0.828. The van der Waals surface area contributed by atoms with E-state index in [4.69, 9.17) is 0 Å². The summed E-state index contributed by atoms with van der Waals surface area (Å²) in [6, 6.07) is 17.3. The SMILES string of the molecule is c1ccc(C(c2ccccn2)N2CCCCC2)cc1. The monoisotopic (exact) mass is 252 g/mol. The van der Waals surface area contributed by atoms with Crippen molar-refractivity contribution in [1.29, 1.82) is 0 Å². The van der Waals surface area contributed by atoms with Gasteiger partial charge in [-0.1, -0.05) is 42.8 Å². The number of aromatic nitrogens is 1. The van der Waals surface area contributed by atoms with Crippen molar-refractivity contribution < 1.29 is 0 Å². The number of piperidine rings is 1. The molecule has 0 bridgehead atoms. The Hall–Kier alpha value is -1.67. The highest BCUT2D eigenvalue weighted by Gasteiger charge is 2.24. The predicted octanol–water partition coefficient (Wildman–Crippen LogP) is 3.66. The van der Waals surface area contributed by atoms with Crippen molar-refractivity contribution in [2.75, 3.05) is 13.1 Å². The second-order valence-electron chi connectivity index (χ2n) is 5.16. The first-order chi connectivity index (χ1) is 9.45. The van der Waals surface area contributed by atoms with Crippen molar-refractivity contribution in [1.82, 2.24) is 9.88 Å². The van der Waals surface area contributed by atoms with Crippen molar-refractivity contribution in [3.05, 3.63) is 66.0 Å². The molecule has 2 heteroatoms. The van der Waals surface area contributed by atoms with Gasteiger partial charge in [0.1, 0.15) is 0 Å². The third-order valence-corrected chi connectivity index (χ3v) is 3.84. The third kappa shape index (κ3) is 2.85. The van der Waals surface area contributed by atoms with Crippen molar-refractivity contribution in [3.63, 3.8) is 0 Å². The molecule has 1 aliphatic rings. The molecule has 0 amide bonds. The highest BCUT2D eigenvalue weighted by atomic mass is 15.2. The van der Waals surface area contributed by atoms with Gasteiger partial charge in [-0.25, -0.2) is 0 Å². The van der Waals surface area contributed by atoms with Gasteiger partial charge in [-0.15, -0.1) is 0 Å². The first-order valence-electron chi connectivity index (χ1n) is 7.15. The van der Waals surface area contributed by atoms with Crippen LogP contribution in [0.15, 0.2) is 54.7 Å². The smallest absolute Gasteiger partial charge is 0.0776 e. The van der Waals surface area contributed by atoms with Gasteiger partial charge in [0.25, 0.3) is 0 Å². The normalized spacial score (nSPS) is 18.1. The molecule has 1 atom stereocenters. The molecular formula is C17H20N2. The Morgan fingerprint density at radius 2 is 1.58 bits per heavy atom. The zero-order valence-corrected chi connectivity index (χ0v) is 11.2. The molecule has 0 radical (unpaired) electrons. The molecule has 0 N–H and O–H groups in total. The Balaban J connectivity index is 1.96. The fourth-order valence-electron chi connectivity index (χ4n) is 2.92. The van der Waals surface area contributed by atoms with Crippen LogP contribution in [0.2, 0.25) is 0 Å². The summed E-state index contributed by atoms with van der Waals surface area (Å²) < 4.78 is 0. The molecule has 1 unspecified atom stereocenters. The first kappa shape index (κ1) is 12.4. The number of nitrogens with zero attached hydrogens (tertiary/aromatic N) is 2. The highest BCUT2D eigenvalue weighted by Crippen LogP contribution is 2.29. The number of likely N-dealkylation sites (tertiary alicyclic amines) is 1. The number of rotatable bonds is 3. The summed E-state index contributed by atoms with van der Waals surface area (Å²) in [6.07, 6.45) is 5.86. The van der Waals surface area contributed by atoms with Gasteiger partial charge < -0.3 is 0 Å². The molecule has 3 rings (SSSR count). The van der Waals surface area contributed by atoms with E-state index >= 15 is 0 Å². The molecule has 1 fully saturated rings. The van der Waals surface area contributed by atoms with Gasteiger partial charge in [0.15, 0.2) is 0 Å². The molecular weight excluding hydrogens is 232 g/mol. The van der Waals surface area contributed by atoms with E-state index in [9.17, 15) is 0 Å². The van der Waals surface area contributed by atoms with Gasteiger partial charge >= 0.3 is 0 Å². The minimum Gasteiger partial charge on any atom is -0.291 e. The van der Waals surface area contributed by atoms with E-state index in [0.29, 0.717) is 6.04 Å². The van der Waals surface area contributed by atoms with Gasteiger partial charge in [0, 0.05) is 6.20 Å². The second-order valence-corrected chi connectivity index (χ2v) is 5.16. The Kier molecular flexibility index (Phi) is 3.89. The molecule has 0 spiro atoms. The van der Waals surface area contributed by atoms with Crippen LogP contribution in [0.5, 0.6) is 0 Å². The lowest BCUT2D eigenvalue weighted by molar-refractivity contribution is 0.184. The van der Waals surface area contributed by atoms with Crippen LogP contribution in [0.4, 0.5) is 0 Å². The zero-order chi connectivity index (χ0) is 12.9. The van der Waals surface area contributed by atoms with Crippen LogP contribution < -0.4 is 0 Å². The number of pyridine rings is 1. The Bertz CT molecular complexity index is 450. The number of benzene rings is 1. The fraction of sp³-hybridized carbons (Fsp3) is 0.353. The van der Waals surface area contributed by atoms with E-state index in [1.54, 1.807) is 0 Å². The van der Waals surface area contributed by atoms with Crippen LogP contribution in [-0.4, -0.2) is 23.0 Å². The lowest BCUT2D eigenvalue weighted by atomic mass is 9.98. The van der Waals surface area contributed by atoms with Gasteiger partial charge in [-0.2, -0.15) is 0 Å². The zero-order valence-electron chi connectivity index (χ0n) is 11.2. The molecule has 1 aromatic carbocycles. The number of hydrogen-bond donors (Lipinski definition) is 0. The summed E-state index contributed by atoms with van der Waals surface area (Å²) in [7, 11) is 0. The summed E-state index contributed by atoms with van der Waals surface area (Å²) in [5.41, 5.74) is 2.51. The van der Waals surface area contributed by atoms with Gasteiger partial charge in [-0.3, -0.25) is 9.88 Å². The van der Waals surface area contributed by atoms with Crippen LogP contribution in [0.25, 0.3) is 0 Å². The summed E-state index contributed by atoms with van der Waals surface area (Å²) in [5.74, 6) is 0. The Morgan fingerprint density at radius 3 is 2.26 bits per heavy atom. The van der Waals surface area contributed by atoms with E-state index < -0.39 is 0 Å². The molecule has 2 heterocycles. The van der Waals surface area contributed by atoms with Crippen LogP contribution in [0.3, 0.4) is 0 Å².